The summed E-state index contributed by atoms with van der Waals surface area (Å²) in [7, 11) is -3.75. The molecule has 8 heteroatoms. The van der Waals surface area contributed by atoms with Gasteiger partial charge in [0.2, 0.25) is 10.0 Å². The van der Waals surface area contributed by atoms with E-state index in [9.17, 15) is 18.3 Å². The monoisotopic (exact) mass is 521 g/mol. The Kier molecular flexibility index (Phi) is 7.62. The van der Waals surface area contributed by atoms with Crippen molar-refractivity contribution in [3.63, 3.8) is 0 Å². The molecule has 1 saturated heterocycles. The molecule has 1 amide bonds. The number of carbonyl (C=O) groups is 1. The molecular formula is C29H35N3O4S. The zero-order valence-electron chi connectivity index (χ0n) is 21.9. The number of amides is 1. The number of nitrogens with one attached hydrogen (secondary N) is 1. The zero-order chi connectivity index (χ0) is 26.8. The number of anilines is 1. The second kappa shape index (κ2) is 10.6. The molecule has 0 bridgehead atoms. The molecule has 3 aromatic carbocycles. The number of hydrogen-bond donors (Lipinski definition) is 2. The van der Waals surface area contributed by atoms with E-state index in [0.717, 1.165) is 49.5 Å². The molecule has 1 fully saturated rings. The van der Waals surface area contributed by atoms with Crippen LogP contribution in [-0.2, 0) is 16.6 Å². The van der Waals surface area contributed by atoms with Gasteiger partial charge < -0.3 is 10.0 Å². The summed E-state index contributed by atoms with van der Waals surface area (Å²) < 4.78 is 25.6. The van der Waals surface area contributed by atoms with Gasteiger partial charge in [-0.25, -0.2) is 13.1 Å². The Morgan fingerprint density at radius 2 is 1.62 bits per heavy atom. The maximum atomic E-state index is 12.4. The van der Waals surface area contributed by atoms with Crippen LogP contribution in [0.1, 0.15) is 42.3 Å². The molecular weight excluding hydrogens is 486 g/mol. The maximum absolute atomic E-state index is 12.4. The highest BCUT2D eigenvalue weighted by atomic mass is 32.2. The Morgan fingerprint density at radius 1 is 0.946 bits per heavy atom. The summed E-state index contributed by atoms with van der Waals surface area (Å²) in [6.07, 6.45) is 0. The van der Waals surface area contributed by atoms with Crippen LogP contribution >= 0.6 is 0 Å². The molecule has 1 aliphatic heterocycles. The van der Waals surface area contributed by atoms with Crippen LogP contribution in [0.3, 0.4) is 0 Å². The molecule has 0 aliphatic carbocycles. The van der Waals surface area contributed by atoms with Crippen LogP contribution in [0.2, 0.25) is 0 Å². The standard InChI is InChI=1S/C29H35N3O4S/c1-21-18-22(8-13-27(21)24-6-5-7-26(33)19-24)20-31-14-16-32(17-15-31)25-11-9-23(10-12-25)28(34)30-37(35,36)29(2,3)4/h5-13,18-19,33H,14-17,20H2,1-4H3,(H,30,34). The van der Waals surface area contributed by atoms with E-state index in [-0.39, 0.29) is 5.75 Å². The predicted molar refractivity (Wildman–Crippen MR) is 148 cm³/mol. The first-order valence-corrected chi connectivity index (χ1v) is 13.9. The summed E-state index contributed by atoms with van der Waals surface area (Å²) in [4.78, 5) is 17.1. The van der Waals surface area contributed by atoms with Crippen molar-refractivity contribution < 1.29 is 18.3 Å². The normalized spacial score (nSPS) is 15.0. The van der Waals surface area contributed by atoms with Crippen LogP contribution in [0, 0.1) is 6.92 Å². The molecule has 1 aliphatic rings. The van der Waals surface area contributed by atoms with Gasteiger partial charge in [0, 0.05) is 44.0 Å². The van der Waals surface area contributed by atoms with E-state index in [1.54, 1.807) is 45.0 Å². The summed E-state index contributed by atoms with van der Waals surface area (Å²) in [5.74, 6) is -0.345. The Hall–Kier alpha value is -3.36. The Labute approximate surface area is 219 Å². The summed E-state index contributed by atoms with van der Waals surface area (Å²) in [5.41, 5.74) is 5.91. The average Bonchev–Trinajstić information content (AvgIpc) is 2.84. The molecule has 2 N–H and O–H groups in total. The largest absolute Gasteiger partial charge is 0.508 e. The van der Waals surface area contributed by atoms with Crippen molar-refractivity contribution in [1.29, 1.82) is 0 Å². The van der Waals surface area contributed by atoms with Crippen molar-refractivity contribution in [2.75, 3.05) is 31.1 Å². The van der Waals surface area contributed by atoms with E-state index in [0.29, 0.717) is 5.56 Å². The quantitative estimate of drug-likeness (QED) is 0.495. The van der Waals surface area contributed by atoms with Gasteiger partial charge in [0.25, 0.3) is 5.91 Å². The molecule has 4 rings (SSSR count). The van der Waals surface area contributed by atoms with Crippen LogP contribution in [0.15, 0.2) is 66.7 Å². The van der Waals surface area contributed by atoms with Crippen molar-refractivity contribution in [3.05, 3.63) is 83.4 Å². The first-order valence-electron chi connectivity index (χ1n) is 12.5. The number of benzene rings is 3. The number of rotatable bonds is 6. The van der Waals surface area contributed by atoms with Crippen molar-refractivity contribution in [2.24, 2.45) is 0 Å². The average molecular weight is 522 g/mol. The SMILES string of the molecule is Cc1cc(CN2CCN(c3ccc(C(=O)NS(=O)(=O)C(C)(C)C)cc3)CC2)ccc1-c1cccc(O)c1. The Bertz CT molecular complexity index is 1370. The topological polar surface area (TPSA) is 90.0 Å². The van der Waals surface area contributed by atoms with Crippen LogP contribution in [0.5, 0.6) is 5.75 Å². The third kappa shape index (κ3) is 6.32. The molecule has 0 saturated carbocycles. The number of sulfonamides is 1. The summed E-state index contributed by atoms with van der Waals surface area (Å²) in [6.45, 7) is 11.2. The highest BCUT2D eigenvalue weighted by molar-refractivity contribution is 7.91. The van der Waals surface area contributed by atoms with Crippen LogP contribution < -0.4 is 9.62 Å². The van der Waals surface area contributed by atoms with Crippen molar-refractivity contribution >= 4 is 21.6 Å². The lowest BCUT2D eigenvalue weighted by Crippen LogP contribution is -2.46. The molecule has 0 radical (unpaired) electrons. The number of phenolic OH excluding ortho intramolecular Hbond substituents is 1. The van der Waals surface area contributed by atoms with Crippen molar-refractivity contribution in [1.82, 2.24) is 9.62 Å². The van der Waals surface area contributed by atoms with E-state index in [2.05, 4.69) is 39.6 Å². The van der Waals surface area contributed by atoms with Gasteiger partial charge in [-0.05, 0) is 86.3 Å². The van der Waals surface area contributed by atoms with Crippen molar-refractivity contribution in [3.8, 4) is 16.9 Å². The molecule has 1 heterocycles. The number of phenols is 1. The van der Waals surface area contributed by atoms with Gasteiger partial charge in [-0.2, -0.15) is 0 Å². The summed E-state index contributed by atoms with van der Waals surface area (Å²) >= 11 is 0. The second-order valence-corrected chi connectivity index (χ2v) is 13.0. The minimum absolute atomic E-state index is 0.269. The number of carbonyl (C=O) groups excluding carboxylic acids is 1. The van der Waals surface area contributed by atoms with Gasteiger partial charge >= 0.3 is 0 Å². The fourth-order valence-electron chi connectivity index (χ4n) is 4.40. The molecule has 0 spiro atoms. The number of hydrogen-bond acceptors (Lipinski definition) is 6. The van der Waals surface area contributed by atoms with E-state index in [4.69, 9.17) is 0 Å². The van der Waals surface area contributed by atoms with Crippen LogP contribution in [0.4, 0.5) is 5.69 Å². The summed E-state index contributed by atoms with van der Waals surface area (Å²) in [5, 5.41) is 9.79. The van der Waals surface area contributed by atoms with Gasteiger partial charge in [0.1, 0.15) is 5.75 Å². The molecule has 0 aromatic heterocycles. The third-order valence-corrected chi connectivity index (χ3v) is 8.82. The van der Waals surface area contributed by atoms with Crippen LogP contribution in [-0.4, -0.2) is 55.3 Å². The zero-order valence-corrected chi connectivity index (χ0v) is 22.7. The third-order valence-electron chi connectivity index (χ3n) is 6.75. The van der Waals surface area contributed by atoms with E-state index in [1.807, 2.05) is 24.3 Å². The molecule has 3 aromatic rings. The lowest BCUT2D eigenvalue weighted by atomic mass is 9.98. The second-order valence-electron chi connectivity index (χ2n) is 10.6. The lowest BCUT2D eigenvalue weighted by molar-refractivity contribution is 0.0980. The maximum Gasteiger partial charge on any atom is 0.264 e. The first-order chi connectivity index (χ1) is 17.4. The van der Waals surface area contributed by atoms with Gasteiger partial charge in [-0.15, -0.1) is 0 Å². The smallest absolute Gasteiger partial charge is 0.264 e. The van der Waals surface area contributed by atoms with Crippen LogP contribution in [0.25, 0.3) is 11.1 Å². The van der Waals surface area contributed by atoms with Gasteiger partial charge in [-0.1, -0.05) is 30.3 Å². The fraction of sp³-hybridized carbons (Fsp3) is 0.345. The minimum Gasteiger partial charge on any atom is -0.508 e. The van der Waals surface area contributed by atoms with Gasteiger partial charge in [-0.3, -0.25) is 9.69 Å². The van der Waals surface area contributed by atoms with E-state index >= 15 is 0 Å². The number of aryl methyl sites for hydroxylation is 1. The highest BCUT2D eigenvalue weighted by Crippen LogP contribution is 2.27. The summed E-state index contributed by atoms with van der Waals surface area (Å²) in [6, 6.07) is 20.9. The van der Waals surface area contributed by atoms with Crippen molar-refractivity contribution in [2.45, 2.75) is 39.0 Å². The van der Waals surface area contributed by atoms with Gasteiger partial charge in [0.15, 0.2) is 0 Å². The predicted octanol–water partition coefficient (Wildman–Crippen LogP) is 4.55. The molecule has 196 valence electrons. The molecule has 7 nitrogen and oxygen atoms in total. The Balaban J connectivity index is 1.33. The lowest BCUT2D eigenvalue weighted by Gasteiger charge is -2.36. The number of aromatic hydroxyl groups is 1. The Morgan fingerprint density at radius 3 is 2.22 bits per heavy atom. The number of nitrogens with zero attached hydrogens (tertiary/aromatic N) is 2. The highest BCUT2D eigenvalue weighted by Gasteiger charge is 2.31. The van der Waals surface area contributed by atoms with E-state index in [1.165, 1.54) is 11.1 Å². The first kappa shape index (κ1) is 26.7. The number of piperazine rings is 1. The minimum atomic E-state index is -3.75. The van der Waals surface area contributed by atoms with Gasteiger partial charge in [0.05, 0.1) is 4.75 Å². The molecule has 37 heavy (non-hydrogen) atoms. The van der Waals surface area contributed by atoms with E-state index < -0.39 is 20.7 Å². The molecule has 0 atom stereocenters. The molecule has 0 unspecified atom stereocenters. The fourth-order valence-corrected chi connectivity index (χ4v) is 5.07.